The monoisotopic (exact) mass is 518 g/mol. The topological polar surface area (TPSA) is 115 Å². The molecule has 0 spiro atoms. The van der Waals surface area contributed by atoms with Gasteiger partial charge in [0.05, 0.1) is 17.9 Å². The maximum Gasteiger partial charge on any atom is 0.341 e. The molecular formula is C27H26N4O5S. The number of nitrogens with zero attached hydrogens (tertiary/aromatic N) is 4. The lowest BCUT2D eigenvalue weighted by Crippen LogP contribution is -2.51. The van der Waals surface area contributed by atoms with Gasteiger partial charge in [-0.3, -0.25) is 14.2 Å². The van der Waals surface area contributed by atoms with Crippen molar-refractivity contribution in [3.8, 4) is 5.13 Å². The first-order chi connectivity index (χ1) is 17.9. The molecule has 190 valence electrons. The number of carboxylic acids is 1. The Hall–Kier alpha value is -3.89. The lowest BCUT2D eigenvalue weighted by molar-refractivity contribution is -0.124. The second-order valence-corrected chi connectivity index (χ2v) is 9.94. The number of ketones is 1. The van der Waals surface area contributed by atoms with Crippen LogP contribution in [0.15, 0.2) is 59.0 Å². The van der Waals surface area contributed by atoms with Crippen molar-refractivity contribution >= 4 is 39.9 Å². The smallest absolute Gasteiger partial charge is 0.341 e. The first-order valence-corrected chi connectivity index (χ1v) is 12.9. The van der Waals surface area contributed by atoms with Crippen LogP contribution in [0.2, 0.25) is 0 Å². The largest absolute Gasteiger partial charge is 0.477 e. The molecule has 1 aliphatic rings. The number of aromatic carboxylic acids is 1. The van der Waals surface area contributed by atoms with E-state index in [0.29, 0.717) is 61.3 Å². The second-order valence-electron chi connectivity index (χ2n) is 9.07. The van der Waals surface area contributed by atoms with Crippen molar-refractivity contribution in [2.24, 2.45) is 5.92 Å². The second kappa shape index (κ2) is 10.6. The maximum absolute atomic E-state index is 12.9. The van der Waals surface area contributed by atoms with Crippen LogP contribution < -0.4 is 10.3 Å². The molecule has 1 saturated heterocycles. The van der Waals surface area contributed by atoms with Crippen molar-refractivity contribution in [1.29, 1.82) is 0 Å². The Morgan fingerprint density at radius 2 is 2.00 bits per heavy atom. The number of aryl methyl sites for hydroxylation is 1. The third-order valence-electron chi connectivity index (χ3n) is 6.48. The van der Waals surface area contributed by atoms with E-state index in [2.05, 4.69) is 4.98 Å². The number of aromatic nitrogens is 3. The summed E-state index contributed by atoms with van der Waals surface area (Å²) in [5.74, 6) is -0.506. The lowest BCUT2D eigenvalue weighted by Gasteiger charge is -2.39. The van der Waals surface area contributed by atoms with E-state index >= 15 is 0 Å². The van der Waals surface area contributed by atoms with Crippen LogP contribution in [-0.2, 0) is 16.1 Å². The number of hydrogen-bond acceptors (Lipinski definition) is 8. The molecule has 0 aliphatic carbocycles. The third kappa shape index (κ3) is 5.16. The molecule has 3 aromatic heterocycles. The van der Waals surface area contributed by atoms with Gasteiger partial charge in [0.1, 0.15) is 17.2 Å². The molecule has 4 heterocycles. The van der Waals surface area contributed by atoms with Crippen LogP contribution in [0.1, 0.15) is 34.3 Å². The van der Waals surface area contributed by atoms with E-state index in [4.69, 9.17) is 9.72 Å². The Labute approximate surface area is 217 Å². The van der Waals surface area contributed by atoms with Crippen LogP contribution in [-0.4, -0.2) is 51.1 Å². The standard InChI is InChI=1S/C27H26N4O5S/c1-17-12-22(29-25-23(17)24(33)20(26(34)35)15-31(25)27-28-9-11-37-27)30-13-19(14-30)21(32)8-5-10-36-16-18-6-3-2-4-7-18/h2-4,6-7,9,11-12,15,19H,5,8,10,13-14,16H2,1H3,(H,34,35). The number of carbonyl (C=O) groups excluding carboxylic acids is 1. The summed E-state index contributed by atoms with van der Waals surface area (Å²) in [5.41, 5.74) is 1.19. The van der Waals surface area contributed by atoms with Gasteiger partial charge >= 0.3 is 5.97 Å². The van der Waals surface area contributed by atoms with Crippen LogP contribution >= 0.6 is 11.3 Å². The highest BCUT2D eigenvalue weighted by molar-refractivity contribution is 7.12. The van der Waals surface area contributed by atoms with Gasteiger partial charge in [0.15, 0.2) is 10.8 Å². The molecule has 1 fully saturated rings. The van der Waals surface area contributed by atoms with Gasteiger partial charge in [0, 0.05) is 43.9 Å². The van der Waals surface area contributed by atoms with E-state index in [1.807, 2.05) is 35.2 Å². The Kier molecular flexibility index (Phi) is 7.11. The van der Waals surface area contributed by atoms with Crippen LogP contribution in [0.5, 0.6) is 0 Å². The highest BCUT2D eigenvalue weighted by atomic mass is 32.1. The third-order valence-corrected chi connectivity index (χ3v) is 7.25. The van der Waals surface area contributed by atoms with Crippen molar-refractivity contribution in [3.05, 3.63) is 81.1 Å². The van der Waals surface area contributed by atoms with Crippen LogP contribution in [0, 0.1) is 12.8 Å². The number of carbonyl (C=O) groups is 2. The highest BCUT2D eigenvalue weighted by Crippen LogP contribution is 2.29. The number of hydrogen-bond donors (Lipinski definition) is 1. The molecular weight excluding hydrogens is 492 g/mol. The predicted octanol–water partition coefficient (Wildman–Crippen LogP) is 3.85. The minimum Gasteiger partial charge on any atom is -0.477 e. The number of rotatable bonds is 10. The Morgan fingerprint density at radius 1 is 1.22 bits per heavy atom. The normalized spacial score (nSPS) is 13.6. The lowest BCUT2D eigenvalue weighted by atomic mass is 9.92. The molecule has 5 rings (SSSR count). The van der Waals surface area contributed by atoms with E-state index < -0.39 is 11.4 Å². The minimum atomic E-state index is -1.30. The first-order valence-electron chi connectivity index (χ1n) is 12.0. The molecule has 4 aromatic rings. The average molecular weight is 519 g/mol. The molecule has 1 aromatic carbocycles. The molecule has 0 unspecified atom stereocenters. The number of ether oxygens (including phenoxy) is 1. The Morgan fingerprint density at radius 3 is 2.70 bits per heavy atom. The first kappa shape index (κ1) is 24.8. The fourth-order valence-corrected chi connectivity index (χ4v) is 5.08. The highest BCUT2D eigenvalue weighted by Gasteiger charge is 2.33. The van der Waals surface area contributed by atoms with Gasteiger partial charge in [0.25, 0.3) is 0 Å². The Balaban J connectivity index is 1.26. The number of carboxylic acid groups (broad SMARTS) is 1. The number of benzene rings is 1. The van der Waals surface area contributed by atoms with Crippen LogP contribution in [0.25, 0.3) is 16.2 Å². The summed E-state index contributed by atoms with van der Waals surface area (Å²) in [6.45, 7) is 3.95. The quantitative estimate of drug-likeness (QED) is 0.315. The van der Waals surface area contributed by atoms with Gasteiger partial charge in [-0.25, -0.2) is 14.8 Å². The van der Waals surface area contributed by atoms with E-state index in [-0.39, 0.29) is 22.7 Å². The summed E-state index contributed by atoms with van der Waals surface area (Å²) < 4.78 is 7.23. The average Bonchev–Trinajstić information content (AvgIpc) is 3.38. The van der Waals surface area contributed by atoms with E-state index in [0.717, 1.165) is 5.56 Å². The maximum atomic E-state index is 12.9. The molecule has 10 heteroatoms. The number of Topliss-reactive ketones (excluding diaryl/α,β-unsaturated/α-hetero) is 1. The van der Waals surface area contributed by atoms with E-state index in [1.54, 1.807) is 29.1 Å². The fraction of sp³-hybridized carbons (Fsp3) is 0.296. The van der Waals surface area contributed by atoms with Crippen molar-refractivity contribution in [3.63, 3.8) is 0 Å². The summed E-state index contributed by atoms with van der Waals surface area (Å²) in [4.78, 5) is 48.3. The van der Waals surface area contributed by atoms with E-state index in [9.17, 15) is 19.5 Å². The molecule has 0 saturated carbocycles. The van der Waals surface area contributed by atoms with E-state index in [1.165, 1.54) is 17.5 Å². The van der Waals surface area contributed by atoms with Crippen molar-refractivity contribution in [2.75, 3.05) is 24.6 Å². The SMILES string of the molecule is Cc1cc(N2CC(C(=O)CCCOCc3ccccc3)C2)nc2c1c(=O)c(C(=O)O)cn2-c1nccs1. The number of fused-ring (bicyclic) bond motifs is 1. The van der Waals surface area contributed by atoms with Gasteiger partial charge in [0.2, 0.25) is 5.43 Å². The Bertz CT molecular complexity index is 1500. The van der Waals surface area contributed by atoms with Gasteiger partial charge < -0.3 is 14.7 Å². The van der Waals surface area contributed by atoms with Crippen LogP contribution in [0.4, 0.5) is 5.82 Å². The molecule has 0 bridgehead atoms. The molecule has 0 radical (unpaired) electrons. The summed E-state index contributed by atoms with van der Waals surface area (Å²) in [6, 6.07) is 11.7. The van der Waals surface area contributed by atoms with Crippen molar-refractivity contribution < 1.29 is 19.4 Å². The molecule has 0 amide bonds. The summed E-state index contributed by atoms with van der Waals surface area (Å²) >= 11 is 1.32. The molecule has 37 heavy (non-hydrogen) atoms. The summed E-state index contributed by atoms with van der Waals surface area (Å²) in [7, 11) is 0. The van der Waals surface area contributed by atoms with Crippen LogP contribution in [0.3, 0.4) is 0 Å². The summed E-state index contributed by atoms with van der Waals surface area (Å²) in [6.07, 6.45) is 4.05. The molecule has 1 aliphatic heterocycles. The summed E-state index contributed by atoms with van der Waals surface area (Å²) in [5, 5.41) is 12.1. The minimum absolute atomic E-state index is 0.0672. The molecule has 1 N–H and O–H groups in total. The zero-order chi connectivity index (χ0) is 25.9. The molecule has 0 atom stereocenters. The van der Waals surface area contributed by atoms with Gasteiger partial charge in [-0.05, 0) is 30.5 Å². The number of anilines is 1. The zero-order valence-electron chi connectivity index (χ0n) is 20.3. The van der Waals surface area contributed by atoms with Crippen molar-refractivity contribution in [2.45, 2.75) is 26.4 Å². The van der Waals surface area contributed by atoms with Gasteiger partial charge in [-0.15, -0.1) is 11.3 Å². The number of pyridine rings is 2. The van der Waals surface area contributed by atoms with Gasteiger partial charge in [-0.2, -0.15) is 0 Å². The van der Waals surface area contributed by atoms with Gasteiger partial charge in [-0.1, -0.05) is 30.3 Å². The fourth-order valence-electron chi connectivity index (χ4n) is 4.46. The number of thiazole rings is 1. The zero-order valence-corrected chi connectivity index (χ0v) is 21.1. The molecule has 9 nitrogen and oxygen atoms in total. The van der Waals surface area contributed by atoms with Crippen molar-refractivity contribution in [1.82, 2.24) is 14.5 Å². The predicted molar refractivity (Wildman–Crippen MR) is 141 cm³/mol.